The van der Waals surface area contributed by atoms with E-state index in [9.17, 15) is 94.7 Å². The average molecular weight is 1060 g/mol. The molecule has 2 aliphatic rings. The Labute approximate surface area is 340 Å². The third-order valence-electron chi connectivity index (χ3n) is 6.18. The first-order chi connectivity index (χ1) is 26.6. The summed E-state index contributed by atoms with van der Waals surface area (Å²) >= 11 is 0. The van der Waals surface area contributed by atoms with Gasteiger partial charge < -0.3 is 19.5 Å². The van der Waals surface area contributed by atoms with Crippen molar-refractivity contribution in [2.45, 2.75) is 68.7 Å². The van der Waals surface area contributed by atoms with E-state index in [4.69, 9.17) is 23.3 Å². The maximum Gasteiger partial charge on any atom is 0.397 e. The zero-order valence-electron chi connectivity index (χ0n) is 29.0. The maximum atomic E-state index is 11.9. The lowest BCUT2D eigenvalue weighted by Crippen LogP contribution is -2.65. The summed E-state index contributed by atoms with van der Waals surface area (Å²) in [5, 5.41) is 3.11. The topological polar surface area (TPSA) is 549 Å². The van der Waals surface area contributed by atoms with Crippen LogP contribution in [0, 0.1) is 0 Å². The molecule has 0 amide bonds. The molecule has 36 nitrogen and oxygen atoms in total. The minimum absolute atomic E-state index is 1.09. The molecular formula is C16H33NO35S8. The second-order valence-corrected chi connectivity index (χ2v) is 19.1. The Morgan fingerprint density at radius 3 is 1.20 bits per heavy atom. The molecule has 2 saturated heterocycles. The van der Waals surface area contributed by atoms with Crippen LogP contribution in [0.25, 0.3) is 0 Å². The van der Waals surface area contributed by atoms with Crippen LogP contribution in [-0.4, -0.2) is 191 Å². The molecule has 0 aromatic rings. The van der Waals surface area contributed by atoms with Gasteiger partial charge in [-0.2, -0.15) is 67.3 Å². The number of rotatable bonds is 23. The van der Waals surface area contributed by atoms with Crippen LogP contribution >= 0.6 is 0 Å². The molecular weight excluding hydrogens is 1020 g/mol. The van der Waals surface area contributed by atoms with E-state index in [0.717, 1.165) is 13.1 Å². The minimum atomic E-state index is -6.24. The first-order valence-electron chi connectivity index (χ1n) is 14.4. The molecule has 2 fully saturated rings. The Kier molecular flexibility index (Phi) is 20.1. The van der Waals surface area contributed by atoms with Gasteiger partial charge in [-0.3, -0.25) is 36.4 Å². The first-order valence-corrected chi connectivity index (χ1v) is 25.4. The highest BCUT2D eigenvalue weighted by molar-refractivity contribution is 7.82. The van der Waals surface area contributed by atoms with Crippen LogP contribution in [0.1, 0.15) is 13.8 Å². The normalized spacial score (nSPS) is 28.8. The third-order valence-corrected chi connectivity index (χ3v) is 9.78. The van der Waals surface area contributed by atoms with E-state index in [-0.39, 0.29) is 0 Å². The maximum absolute atomic E-state index is 11.9. The van der Waals surface area contributed by atoms with Crippen molar-refractivity contribution in [2.24, 2.45) is 0 Å². The zero-order valence-corrected chi connectivity index (χ0v) is 35.6. The molecule has 360 valence electrons. The van der Waals surface area contributed by atoms with E-state index in [2.05, 4.69) is 52.6 Å². The van der Waals surface area contributed by atoms with Gasteiger partial charge in [0.15, 0.2) is 18.5 Å². The molecule has 0 bridgehead atoms. The van der Waals surface area contributed by atoms with Crippen molar-refractivity contribution >= 4 is 83.2 Å². The summed E-state index contributed by atoms with van der Waals surface area (Å²) < 4.78 is 307. The number of hydrogen-bond acceptors (Lipinski definition) is 28. The highest BCUT2D eigenvalue weighted by Crippen LogP contribution is 2.42. The smallest absolute Gasteiger partial charge is 0.341 e. The highest BCUT2D eigenvalue weighted by atomic mass is 32.3. The molecule has 2 heterocycles. The molecule has 0 aromatic heterocycles. The van der Waals surface area contributed by atoms with Gasteiger partial charge in [0.2, 0.25) is 5.79 Å². The summed E-state index contributed by atoms with van der Waals surface area (Å²) in [6.07, 6.45) is -26.0. The molecule has 0 aliphatic carbocycles. The summed E-state index contributed by atoms with van der Waals surface area (Å²) in [5.41, 5.74) is 0. The number of hydrogen-bond donors (Lipinski definition) is 9. The van der Waals surface area contributed by atoms with Crippen LogP contribution in [0.3, 0.4) is 0 Å². The average Bonchev–Trinajstić information content (AvgIpc) is 3.24. The van der Waals surface area contributed by atoms with E-state index in [1.54, 1.807) is 0 Å². The van der Waals surface area contributed by atoms with E-state index >= 15 is 0 Å². The molecule has 0 radical (unpaired) electrons. The second-order valence-electron chi connectivity index (χ2n) is 10.6. The van der Waals surface area contributed by atoms with Crippen LogP contribution in [0.15, 0.2) is 0 Å². The lowest BCUT2D eigenvalue weighted by atomic mass is 9.99. The van der Waals surface area contributed by atoms with Crippen LogP contribution in [0.2, 0.25) is 0 Å². The van der Waals surface area contributed by atoms with Gasteiger partial charge in [-0.05, 0) is 13.1 Å². The first kappa shape index (κ1) is 56.8. The Morgan fingerprint density at radius 1 is 0.467 bits per heavy atom. The van der Waals surface area contributed by atoms with Gasteiger partial charge in [-0.1, -0.05) is 13.8 Å². The molecule has 2 aliphatic heterocycles. The summed E-state index contributed by atoms with van der Waals surface area (Å²) in [7, 11) is -48.3. The molecule has 0 unspecified atom stereocenters. The van der Waals surface area contributed by atoms with Crippen molar-refractivity contribution in [2.75, 3.05) is 32.9 Å². The monoisotopic (exact) mass is 1050 g/mol. The van der Waals surface area contributed by atoms with Gasteiger partial charge in [-0.15, -0.1) is 0 Å². The molecule has 0 aromatic carbocycles. The standard InChI is InChI=1S/C12H22O35S8.C4H11N/c13-48(14,15)37-1-4-6(43-51(22,23)24)8(45-53(28,29)30)9(46-54(31,32)33)11(40-4)42-12(3-39-50(19,20)21)10(47-55(34,35)36)7(44-52(25,26)27)5(41-12)2-38-49(16,17)18;1-3-5-4-2/h4-11H,1-3H2,(H,13,14,15)(H,16,17,18)(H,19,20,21)(H,22,23,24)(H,25,26,27)(H,28,29,30)(H,31,32,33)(H,34,35,36);5H,3-4H2,1-2H3/t4-,5-,6-,7-,8+,9-,10+,11-,12+;/m1./s1. The Balaban J connectivity index is 0.00000338. The predicted octanol–water partition coefficient (Wildman–Crippen LogP) is -6.16. The molecule has 0 spiro atoms. The van der Waals surface area contributed by atoms with Gasteiger partial charge in [0.1, 0.15) is 37.1 Å². The van der Waals surface area contributed by atoms with Crippen molar-refractivity contribution in [3.05, 3.63) is 0 Å². The number of ether oxygens (including phenoxy) is 3. The summed E-state index contributed by atoms with van der Waals surface area (Å²) in [6, 6.07) is 0. The van der Waals surface area contributed by atoms with Gasteiger partial charge in [0.05, 0.1) is 13.2 Å². The lowest BCUT2D eigenvalue weighted by molar-refractivity contribution is -0.374. The minimum Gasteiger partial charge on any atom is -0.341 e. The van der Waals surface area contributed by atoms with Crippen molar-refractivity contribution in [3.8, 4) is 0 Å². The Morgan fingerprint density at radius 2 is 0.833 bits per heavy atom. The predicted molar refractivity (Wildman–Crippen MR) is 176 cm³/mol. The van der Waals surface area contributed by atoms with E-state index in [1.165, 1.54) is 0 Å². The van der Waals surface area contributed by atoms with Crippen LogP contribution < -0.4 is 5.32 Å². The quantitative estimate of drug-likeness (QED) is 0.0430. The van der Waals surface area contributed by atoms with Gasteiger partial charge in [0, 0.05) is 0 Å². The lowest BCUT2D eigenvalue weighted by Gasteiger charge is -2.45. The van der Waals surface area contributed by atoms with Crippen molar-refractivity contribution in [1.29, 1.82) is 0 Å². The zero-order chi connectivity index (χ0) is 47.1. The largest absolute Gasteiger partial charge is 0.397 e. The highest BCUT2D eigenvalue weighted by Gasteiger charge is 2.65. The fraction of sp³-hybridized carbons (Fsp3) is 1.00. The third kappa shape index (κ3) is 22.4. The van der Waals surface area contributed by atoms with Crippen molar-refractivity contribution < 1.29 is 151 Å². The summed E-state index contributed by atoms with van der Waals surface area (Å²) in [5.74, 6) is -4.12. The molecule has 9 N–H and O–H groups in total. The SMILES string of the molecule is CCNCC.O=S(=O)(O)OC[C@H]1O[C@@](COS(=O)(=O)O)(O[C@H]2O[C@H](COS(=O)(=O)O)[C@@H](OS(=O)(=O)O)[C@H](OS(=O)(=O)O)[C@H]2OS(=O)(=O)O)[C@@H](OS(=O)(=O)O)[C@@H]1OS(=O)(=O)O. The van der Waals surface area contributed by atoms with Crippen molar-refractivity contribution in [3.63, 3.8) is 0 Å². The molecule has 60 heavy (non-hydrogen) atoms. The van der Waals surface area contributed by atoms with Crippen molar-refractivity contribution in [1.82, 2.24) is 5.32 Å². The van der Waals surface area contributed by atoms with E-state index in [0.29, 0.717) is 0 Å². The fourth-order valence-corrected chi connectivity index (χ4v) is 7.93. The van der Waals surface area contributed by atoms with E-state index in [1.807, 2.05) is 0 Å². The van der Waals surface area contributed by atoms with Crippen LogP contribution in [0.4, 0.5) is 0 Å². The number of nitrogens with one attached hydrogen (secondary N) is 1. The Bertz CT molecular complexity index is 2340. The summed E-state index contributed by atoms with van der Waals surface area (Å²) in [4.78, 5) is 0. The van der Waals surface area contributed by atoms with Crippen LogP contribution in [-0.2, 0) is 131 Å². The second kappa shape index (κ2) is 21.2. The summed E-state index contributed by atoms with van der Waals surface area (Å²) in [6.45, 7) is 0.142. The molecule has 2 rings (SSSR count). The van der Waals surface area contributed by atoms with Crippen LogP contribution in [0.5, 0.6) is 0 Å². The van der Waals surface area contributed by atoms with Gasteiger partial charge in [0.25, 0.3) is 0 Å². The van der Waals surface area contributed by atoms with Gasteiger partial charge in [-0.25, -0.2) is 33.5 Å². The van der Waals surface area contributed by atoms with E-state index < -0.39 is 158 Å². The molecule has 44 heteroatoms. The molecule has 0 saturated carbocycles. The molecule has 9 atom stereocenters. The Hall–Kier alpha value is -1.20. The van der Waals surface area contributed by atoms with Gasteiger partial charge >= 0.3 is 83.2 Å². The fourth-order valence-electron chi connectivity index (χ4n) is 4.49.